The summed E-state index contributed by atoms with van der Waals surface area (Å²) in [4.78, 5) is 23.2. The summed E-state index contributed by atoms with van der Waals surface area (Å²) in [5, 5.41) is 4.06. The third-order valence-corrected chi connectivity index (χ3v) is 6.26. The largest absolute Gasteiger partial charge is 0.376 e. The van der Waals surface area contributed by atoms with Crippen molar-refractivity contribution in [2.24, 2.45) is 0 Å². The highest BCUT2D eigenvalue weighted by Gasteiger charge is 2.22. The number of rotatable bonds is 20. The van der Waals surface area contributed by atoms with E-state index in [-0.39, 0.29) is 0 Å². The van der Waals surface area contributed by atoms with Crippen molar-refractivity contribution in [1.82, 2.24) is 10.5 Å². The Morgan fingerprint density at radius 3 is 1.76 bits per heavy atom. The second-order valence-electron chi connectivity index (χ2n) is 8.75. The maximum atomic E-state index is 12.8. The summed E-state index contributed by atoms with van der Waals surface area (Å²) in [5.74, 6) is -0.438. The zero-order chi connectivity index (χ0) is 24.9. The summed E-state index contributed by atoms with van der Waals surface area (Å²) >= 11 is 5.53. The van der Waals surface area contributed by atoms with Gasteiger partial charge in [0.1, 0.15) is 4.99 Å². The van der Waals surface area contributed by atoms with Gasteiger partial charge in [-0.15, -0.1) is 0 Å². The van der Waals surface area contributed by atoms with Gasteiger partial charge in [0.15, 0.2) is 0 Å². The van der Waals surface area contributed by atoms with Crippen LogP contribution in [0.2, 0.25) is 0 Å². The van der Waals surface area contributed by atoms with Gasteiger partial charge in [-0.05, 0) is 18.1 Å². The molecule has 1 aromatic carbocycles. The molecule has 1 rings (SSSR count). The smallest absolute Gasteiger partial charge is 0.306 e. The summed E-state index contributed by atoms with van der Waals surface area (Å²) in [5.41, 5.74) is 1.23. The van der Waals surface area contributed by atoms with Gasteiger partial charge in [0.05, 0.1) is 19.8 Å². The molecule has 0 fully saturated rings. The van der Waals surface area contributed by atoms with Gasteiger partial charge in [0.25, 0.3) is 0 Å². The zero-order valence-electron chi connectivity index (χ0n) is 21.7. The molecule has 192 valence electrons. The highest BCUT2D eigenvalue weighted by atomic mass is 32.1. The van der Waals surface area contributed by atoms with Crippen molar-refractivity contribution in [1.29, 1.82) is 0 Å². The Balaban J connectivity index is 2.24. The van der Waals surface area contributed by atoms with Crippen LogP contribution in [0.25, 0.3) is 6.08 Å². The van der Waals surface area contributed by atoms with E-state index < -0.39 is 5.91 Å². The number of carbonyl (C=O) groups excluding carboxylic acids is 1. The van der Waals surface area contributed by atoms with Crippen LogP contribution in [0.15, 0.2) is 35.9 Å². The minimum atomic E-state index is -0.438. The lowest BCUT2D eigenvalue weighted by atomic mass is 10.0. The van der Waals surface area contributed by atoms with Crippen molar-refractivity contribution in [3.63, 3.8) is 0 Å². The van der Waals surface area contributed by atoms with E-state index in [9.17, 15) is 4.79 Å². The molecular weight excluding hydrogens is 444 g/mol. The molecule has 1 N–H and O–H groups in total. The van der Waals surface area contributed by atoms with E-state index in [1.54, 1.807) is 6.08 Å². The predicted octanol–water partition coefficient (Wildman–Crippen LogP) is 7.42. The van der Waals surface area contributed by atoms with Crippen molar-refractivity contribution >= 4 is 29.2 Å². The first kappa shape index (κ1) is 30.3. The van der Waals surface area contributed by atoms with Crippen molar-refractivity contribution in [3.8, 4) is 0 Å². The summed E-state index contributed by atoms with van der Waals surface area (Å²) < 4.78 is 0. The second-order valence-corrected chi connectivity index (χ2v) is 9.16. The molecule has 0 heterocycles. The predicted molar refractivity (Wildman–Crippen MR) is 146 cm³/mol. The number of nitrogens with zero attached hydrogens (tertiary/aromatic N) is 1. The molecule has 0 aliphatic rings. The molecule has 1 amide bonds. The van der Waals surface area contributed by atoms with Crippen molar-refractivity contribution in [3.05, 3.63) is 41.5 Å². The number of unbranched alkanes of at least 4 members (excludes halogenated alkanes) is 13. The summed E-state index contributed by atoms with van der Waals surface area (Å²) in [6.07, 6.45) is 20.4. The second kappa shape index (κ2) is 20.6. The molecule has 5 nitrogen and oxygen atoms in total. The van der Waals surface area contributed by atoms with Crippen molar-refractivity contribution < 1.29 is 14.5 Å². The first-order valence-corrected chi connectivity index (χ1v) is 13.5. The SMILES string of the molecule is CCCCCCCCCCCCCCCCNC(=S)C(=Cc1ccccc1)C(=O)N(OC)OC. The molecule has 0 saturated heterocycles. The van der Waals surface area contributed by atoms with E-state index in [1.807, 2.05) is 30.3 Å². The molecule has 0 aliphatic carbocycles. The van der Waals surface area contributed by atoms with Gasteiger partial charge >= 0.3 is 5.91 Å². The topological polar surface area (TPSA) is 50.8 Å². The molecule has 0 aromatic heterocycles. The van der Waals surface area contributed by atoms with E-state index in [4.69, 9.17) is 21.9 Å². The quantitative estimate of drug-likeness (QED) is 0.0892. The fraction of sp³-hybridized carbons (Fsp3) is 0.643. The van der Waals surface area contributed by atoms with Crippen molar-refractivity contribution in [2.45, 2.75) is 96.8 Å². The Morgan fingerprint density at radius 1 is 0.824 bits per heavy atom. The summed E-state index contributed by atoms with van der Waals surface area (Å²) in [6.45, 7) is 3.02. The van der Waals surface area contributed by atoms with Crippen LogP contribution in [0.4, 0.5) is 0 Å². The van der Waals surface area contributed by atoms with Gasteiger partial charge in [-0.1, -0.05) is 138 Å². The zero-order valence-corrected chi connectivity index (χ0v) is 22.5. The Hall–Kier alpha value is -1.76. The molecule has 0 aliphatic heterocycles. The minimum absolute atomic E-state index is 0.343. The average Bonchev–Trinajstić information content (AvgIpc) is 2.86. The first-order valence-electron chi connectivity index (χ1n) is 13.1. The Morgan fingerprint density at radius 2 is 1.29 bits per heavy atom. The van der Waals surface area contributed by atoms with Gasteiger partial charge in [0.2, 0.25) is 0 Å². The van der Waals surface area contributed by atoms with Gasteiger partial charge < -0.3 is 5.32 Å². The Kier molecular flexibility index (Phi) is 18.3. The monoisotopic (exact) mass is 490 g/mol. The lowest BCUT2D eigenvalue weighted by Crippen LogP contribution is -2.36. The fourth-order valence-electron chi connectivity index (χ4n) is 3.90. The van der Waals surface area contributed by atoms with Crippen LogP contribution in [-0.2, 0) is 14.5 Å². The highest BCUT2D eigenvalue weighted by molar-refractivity contribution is 7.80. The fourth-order valence-corrected chi connectivity index (χ4v) is 4.14. The third kappa shape index (κ3) is 13.8. The van der Waals surface area contributed by atoms with Crippen LogP contribution < -0.4 is 5.32 Å². The van der Waals surface area contributed by atoms with Crippen LogP contribution in [0, 0.1) is 0 Å². The number of benzene rings is 1. The molecule has 6 heteroatoms. The van der Waals surface area contributed by atoms with Crippen LogP contribution >= 0.6 is 12.2 Å². The first-order chi connectivity index (χ1) is 16.6. The molecule has 0 radical (unpaired) electrons. The van der Waals surface area contributed by atoms with Crippen LogP contribution in [0.3, 0.4) is 0 Å². The Bertz CT molecular complexity index is 690. The van der Waals surface area contributed by atoms with Crippen LogP contribution in [0.5, 0.6) is 0 Å². The highest BCUT2D eigenvalue weighted by Crippen LogP contribution is 2.14. The number of thiocarbonyl (C=S) groups is 1. The number of nitrogens with one attached hydrogen (secondary N) is 1. The van der Waals surface area contributed by atoms with E-state index >= 15 is 0 Å². The molecule has 0 spiro atoms. The van der Waals surface area contributed by atoms with E-state index in [0.717, 1.165) is 23.8 Å². The van der Waals surface area contributed by atoms with Crippen LogP contribution in [0.1, 0.15) is 102 Å². The normalized spacial score (nSPS) is 11.4. The van der Waals surface area contributed by atoms with E-state index in [2.05, 4.69) is 12.2 Å². The lowest BCUT2D eigenvalue weighted by Gasteiger charge is -2.19. The summed E-state index contributed by atoms with van der Waals surface area (Å²) in [7, 11) is 2.76. The maximum absolute atomic E-state index is 12.8. The van der Waals surface area contributed by atoms with Crippen molar-refractivity contribution in [2.75, 3.05) is 20.8 Å². The lowest BCUT2D eigenvalue weighted by molar-refractivity contribution is -0.314. The molecule has 0 unspecified atom stereocenters. The summed E-state index contributed by atoms with van der Waals surface area (Å²) in [6, 6.07) is 9.62. The molecule has 0 atom stereocenters. The average molecular weight is 491 g/mol. The van der Waals surface area contributed by atoms with Crippen LogP contribution in [-0.4, -0.2) is 36.9 Å². The number of hydrogen-bond acceptors (Lipinski definition) is 4. The Labute approximate surface area is 213 Å². The third-order valence-electron chi connectivity index (χ3n) is 5.90. The maximum Gasteiger partial charge on any atom is 0.306 e. The molecule has 34 heavy (non-hydrogen) atoms. The van der Waals surface area contributed by atoms with Gasteiger partial charge in [0, 0.05) is 6.54 Å². The molecule has 0 saturated carbocycles. The van der Waals surface area contributed by atoms with Gasteiger partial charge in [-0.25, -0.2) is 9.68 Å². The van der Waals surface area contributed by atoms with Gasteiger partial charge in [-0.2, -0.15) is 0 Å². The minimum Gasteiger partial charge on any atom is -0.376 e. The van der Waals surface area contributed by atoms with E-state index in [1.165, 1.54) is 97.7 Å². The number of amides is 1. The standard InChI is InChI=1S/C28H46N2O3S/c1-4-5-6-7-8-9-10-11-12-13-14-15-16-20-23-29-27(34)26(28(31)30(32-2)33-3)24-25-21-18-17-19-22-25/h17-19,21-22,24H,4-16,20,23H2,1-3H3,(H,29,34). The number of hydroxylamine groups is 2. The molecular formula is C28H46N2O3S. The molecule has 0 bridgehead atoms. The number of hydrogen-bond donors (Lipinski definition) is 1. The van der Waals surface area contributed by atoms with Gasteiger partial charge in [-0.3, -0.25) is 4.79 Å². The number of carbonyl (C=O) groups is 1. The van der Waals surface area contributed by atoms with E-state index in [0.29, 0.717) is 10.6 Å². The molecule has 1 aromatic rings.